The number of hydrogen-bond donors (Lipinski definition) is 0. The van der Waals surface area contributed by atoms with Gasteiger partial charge in [-0.1, -0.05) is 0 Å². The van der Waals surface area contributed by atoms with Gasteiger partial charge >= 0.3 is 0 Å². The summed E-state index contributed by atoms with van der Waals surface area (Å²) in [7, 11) is 0. The van der Waals surface area contributed by atoms with Crippen molar-refractivity contribution in [2.75, 3.05) is 0 Å². The van der Waals surface area contributed by atoms with Gasteiger partial charge in [0, 0.05) is 10.7 Å². The Labute approximate surface area is 109 Å². The maximum Gasteiger partial charge on any atom is 0.199 e. The Morgan fingerprint density at radius 1 is 1.06 bits per heavy atom. The van der Waals surface area contributed by atoms with Crippen molar-refractivity contribution in [1.29, 1.82) is 10.5 Å². The lowest BCUT2D eigenvalue weighted by atomic mass is 10.3. The molecule has 0 amide bonds. The van der Waals surface area contributed by atoms with Gasteiger partial charge in [0.05, 0.1) is 0 Å². The van der Waals surface area contributed by atoms with Crippen molar-refractivity contribution in [2.24, 2.45) is 0 Å². The minimum absolute atomic E-state index is 0.00627. The fraction of sp³-hybridized carbons (Fsp3) is 0. The fourth-order valence-electron chi connectivity index (χ4n) is 1.65. The molecule has 0 fully saturated rings. The van der Waals surface area contributed by atoms with Crippen LogP contribution in [0.25, 0.3) is 16.9 Å². The first-order valence-electron chi connectivity index (χ1n) is 4.88. The van der Waals surface area contributed by atoms with Crippen molar-refractivity contribution < 1.29 is 0 Å². The van der Waals surface area contributed by atoms with Crippen molar-refractivity contribution in [3.8, 4) is 12.1 Å². The molecule has 0 radical (unpaired) electrons. The van der Waals surface area contributed by atoms with Crippen molar-refractivity contribution in [3.05, 3.63) is 34.2 Å². The number of rotatable bonds is 0. The Morgan fingerprint density at radius 2 is 1.78 bits per heavy atom. The van der Waals surface area contributed by atoms with Gasteiger partial charge in [-0.15, -0.1) is 0 Å². The molecule has 3 aromatic rings. The lowest BCUT2D eigenvalue weighted by Gasteiger charge is -1.96. The molecule has 0 aliphatic heterocycles. The molecule has 0 atom stereocenters. The first kappa shape index (κ1) is 10.6. The molecule has 3 rings (SSSR count). The summed E-state index contributed by atoms with van der Waals surface area (Å²) in [5, 5.41) is 17.8. The molecule has 3 aromatic heterocycles. The van der Waals surface area contributed by atoms with Gasteiger partial charge in [-0.25, -0.2) is 15.0 Å². The summed E-state index contributed by atoms with van der Waals surface area (Å²) in [5.74, 6) is 0. The summed E-state index contributed by atoms with van der Waals surface area (Å²) in [6, 6.07) is 7.34. The Balaban J connectivity index is 2.51. The van der Waals surface area contributed by atoms with Gasteiger partial charge in [0.2, 0.25) is 0 Å². The minimum atomic E-state index is -0.00697. The van der Waals surface area contributed by atoms with Crippen LogP contribution in [0.4, 0.5) is 0 Å². The van der Waals surface area contributed by atoms with Gasteiger partial charge in [0.25, 0.3) is 0 Å². The lowest BCUT2D eigenvalue weighted by molar-refractivity contribution is 1.13. The second kappa shape index (κ2) is 3.76. The molecular weight excluding hydrogens is 296 g/mol. The van der Waals surface area contributed by atoms with Crippen LogP contribution in [0.5, 0.6) is 0 Å². The summed E-state index contributed by atoms with van der Waals surface area (Å²) in [6.07, 6.45) is 1.78. The highest BCUT2D eigenvalue weighted by atomic mass is 79.9. The van der Waals surface area contributed by atoms with E-state index in [4.69, 9.17) is 10.5 Å². The molecule has 3 heterocycles. The average Bonchev–Trinajstić information content (AvgIpc) is 2.74. The second-order valence-corrected chi connectivity index (χ2v) is 4.39. The van der Waals surface area contributed by atoms with E-state index >= 15 is 0 Å². The van der Waals surface area contributed by atoms with Crippen molar-refractivity contribution >= 4 is 32.9 Å². The Hall–Kier alpha value is -2.51. The molecule has 7 heteroatoms. The summed E-state index contributed by atoms with van der Waals surface area (Å²) in [5.41, 5.74) is 1.47. The Morgan fingerprint density at radius 3 is 2.50 bits per heavy atom. The zero-order chi connectivity index (χ0) is 12.7. The molecule has 0 bridgehead atoms. The summed E-state index contributed by atoms with van der Waals surface area (Å²) >= 11 is 3.35. The van der Waals surface area contributed by atoms with Gasteiger partial charge in [0.1, 0.15) is 17.8 Å². The Bertz CT molecular complexity index is 867. The van der Waals surface area contributed by atoms with E-state index in [0.717, 1.165) is 4.47 Å². The molecule has 6 nitrogen and oxygen atoms in total. The van der Waals surface area contributed by atoms with E-state index in [1.165, 1.54) is 0 Å². The standard InChI is InChI=1S/C11H3BrN6/c12-6-1-2-9-17-10-11(18(9)5-6)16-8(4-14)7(3-13)15-10/h1-2,5H. The molecule has 0 N–H and O–H groups in total. The zero-order valence-corrected chi connectivity index (χ0v) is 10.4. The van der Waals surface area contributed by atoms with E-state index in [2.05, 4.69) is 30.9 Å². The van der Waals surface area contributed by atoms with Crippen LogP contribution in [0.1, 0.15) is 11.4 Å². The molecule has 0 aliphatic rings. The third-order valence-corrected chi connectivity index (χ3v) is 2.88. The van der Waals surface area contributed by atoms with Crippen LogP contribution in [0.3, 0.4) is 0 Å². The van der Waals surface area contributed by atoms with Gasteiger partial charge in [0.15, 0.2) is 22.7 Å². The largest absolute Gasteiger partial charge is 0.282 e. The van der Waals surface area contributed by atoms with E-state index in [0.29, 0.717) is 16.9 Å². The number of halogens is 1. The van der Waals surface area contributed by atoms with E-state index < -0.39 is 0 Å². The first-order chi connectivity index (χ1) is 8.72. The van der Waals surface area contributed by atoms with E-state index in [1.54, 1.807) is 16.7 Å². The topological polar surface area (TPSA) is 90.7 Å². The normalized spacial score (nSPS) is 10.4. The van der Waals surface area contributed by atoms with Crippen molar-refractivity contribution in [3.63, 3.8) is 0 Å². The third-order valence-electron chi connectivity index (χ3n) is 2.41. The third kappa shape index (κ3) is 1.42. The van der Waals surface area contributed by atoms with Crippen LogP contribution < -0.4 is 0 Å². The highest BCUT2D eigenvalue weighted by molar-refractivity contribution is 9.10. The number of pyridine rings is 1. The SMILES string of the molecule is N#Cc1nc2nc3ccc(Br)cn3c2nc1C#N. The number of hydrogen-bond acceptors (Lipinski definition) is 5. The quantitative estimate of drug-likeness (QED) is 0.631. The van der Waals surface area contributed by atoms with Gasteiger partial charge in [-0.3, -0.25) is 4.40 Å². The molecule has 0 spiro atoms. The van der Waals surface area contributed by atoms with E-state index in [-0.39, 0.29) is 11.4 Å². The maximum absolute atomic E-state index is 8.93. The van der Waals surface area contributed by atoms with Crippen LogP contribution in [0.15, 0.2) is 22.8 Å². The average molecular weight is 299 g/mol. The number of imidazole rings is 1. The second-order valence-electron chi connectivity index (χ2n) is 3.48. The predicted molar refractivity (Wildman–Crippen MR) is 65.4 cm³/mol. The van der Waals surface area contributed by atoms with Crippen LogP contribution in [0.2, 0.25) is 0 Å². The molecular formula is C11H3BrN6. The maximum atomic E-state index is 8.93. The molecule has 0 unspecified atom stereocenters. The molecule has 0 aromatic carbocycles. The minimum Gasteiger partial charge on any atom is -0.282 e. The highest BCUT2D eigenvalue weighted by Crippen LogP contribution is 2.18. The lowest BCUT2D eigenvalue weighted by Crippen LogP contribution is -1.96. The van der Waals surface area contributed by atoms with Crippen molar-refractivity contribution in [1.82, 2.24) is 19.4 Å². The van der Waals surface area contributed by atoms with Crippen LogP contribution in [-0.2, 0) is 0 Å². The molecule has 84 valence electrons. The molecule has 18 heavy (non-hydrogen) atoms. The number of aromatic nitrogens is 4. The van der Waals surface area contributed by atoms with E-state index in [1.807, 2.05) is 18.2 Å². The number of fused-ring (bicyclic) bond motifs is 3. The van der Waals surface area contributed by atoms with Crippen molar-refractivity contribution in [2.45, 2.75) is 0 Å². The number of nitriles is 2. The summed E-state index contributed by atoms with van der Waals surface area (Å²) in [6.45, 7) is 0. The first-order valence-corrected chi connectivity index (χ1v) is 5.68. The Kier molecular flexibility index (Phi) is 2.22. The predicted octanol–water partition coefficient (Wildman–Crippen LogP) is 1.78. The highest BCUT2D eigenvalue weighted by Gasteiger charge is 2.13. The zero-order valence-electron chi connectivity index (χ0n) is 8.79. The monoisotopic (exact) mass is 298 g/mol. The van der Waals surface area contributed by atoms with Crippen LogP contribution in [0, 0.1) is 22.7 Å². The molecule has 0 saturated heterocycles. The smallest absolute Gasteiger partial charge is 0.199 e. The van der Waals surface area contributed by atoms with Gasteiger partial charge in [-0.2, -0.15) is 10.5 Å². The number of nitrogens with zero attached hydrogens (tertiary/aromatic N) is 6. The van der Waals surface area contributed by atoms with Gasteiger partial charge in [-0.05, 0) is 28.1 Å². The van der Waals surface area contributed by atoms with E-state index in [9.17, 15) is 0 Å². The summed E-state index contributed by atoms with van der Waals surface area (Å²) < 4.78 is 2.58. The summed E-state index contributed by atoms with van der Waals surface area (Å²) in [4.78, 5) is 12.4. The molecule has 0 saturated carbocycles. The van der Waals surface area contributed by atoms with Crippen LogP contribution in [-0.4, -0.2) is 19.4 Å². The molecule has 0 aliphatic carbocycles. The van der Waals surface area contributed by atoms with Gasteiger partial charge < -0.3 is 0 Å². The fourth-order valence-corrected chi connectivity index (χ4v) is 1.98. The van der Waals surface area contributed by atoms with Crippen LogP contribution >= 0.6 is 15.9 Å².